The third-order valence-corrected chi connectivity index (χ3v) is 9.62. The van der Waals surface area contributed by atoms with E-state index in [-0.39, 0.29) is 16.6 Å². The van der Waals surface area contributed by atoms with Crippen LogP contribution in [0.5, 0.6) is 0 Å². The summed E-state index contributed by atoms with van der Waals surface area (Å²) in [6.45, 7) is 0. The Morgan fingerprint density at radius 3 is 1.05 bits per heavy atom. The van der Waals surface area contributed by atoms with Gasteiger partial charge in [-0.15, -0.1) is 0 Å². The summed E-state index contributed by atoms with van der Waals surface area (Å²) in [6.07, 6.45) is 0. The Hall–Kier alpha value is -1.05. The fourth-order valence-corrected chi connectivity index (χ4v) is 8.58. The second kappa shape index (κ2) is 6.81. The van der Waals surface area contributed by atoms with Crippen LogP contribution in [-0.4, -0.2) is 12.4 Å². The Kier molecular flexibility index (Phi) is 4.82. The minimum absolute atomic E-state index is 0.000833. The molecule has 0 N–H and O–H groups in total. The number of hydrogen-bond acceptors (Lipinski definition) is 0. The molecule has 0 bridgehead atoms. The molecule has 0 amide bonds. The second-order valence-corrected chi connectivity index (χ2v) is 9.16. The van der Waals surface area contributed by atoms with Crippen molar-refractivity contribution in [1.29, 1.82) is 0 Å². The van der Waals surface area contributed by atoms with Crippen molar-refractivity contribution in [3.05, 3.63) is 108 Å². The molecule has 3 rings (SSSR count). The van der Waals surface area contributed by atoms with E-state index in [2.05, 4.69) is 111 Å². The van der Waals surface area contributed by atoms with Crippen molar-refractivity contribution >= 4 is 32.5 Å². The molecule has 21 heavy (non-hydrogen) atoms. The van der Waals surface area contributed by atoms with Gasteiger partial charge in [0.1, 0.15) is 0 Å². The first kappa shape index (κ1) is 14.9. The van der Waals surface area contributed by atoms with E-state index in [0.717, 1.165) is 0 Å². The zero-order valence-electron chi connectivity index (χ0n) is 11.5. The second-order valence-electron chi connectivity index (χ2n) is 4.89. The molecule has 0 unspecified atom stereocenters. The van der Waals surface area contributed by atoms with Crippen molar-refractivity contribution in [2.45, 2.75) is 4.20 Å². The molecule has 3 aromatic rings. The summed E-state index contributed by atoms with van der Waals surface area (Å²) in [5.41, 5.74) is 4.16. The summed E-state index contributed by atoms with van der Waals surface area (Å²) < 4.78 is 0.000833. The summed E-state index contributed by atoms with van der Waals surface area (Å²) in [7, 11) is 0. The van der Waals surface area contributed by atoms with E-state index >= 15 is 0 Å². The molecule has 0 atom stereocenters. The average molecular weight is 445 g/mol. The van der Waals surface area contributed by atoms with Crippen LogP contribution in [0.4, 0.5) is 0 Å². The van der Waals surface area contributed by atoms with Gasteiger partial charge in [0, 0.05) is 0 Å². The van der Waals surface area contributed by atoms with Gasteiger partial charge >= 0.3 is 144 Å². The van der Waals surface area contributed by atoms with Crippen LogP contribution >= 0.6 is 20.1 Å². The van der Waals surface area contributed by atoms with E-state index in [1.807, 2.05) is 0 Å². The summed E-state index contributed by atoms with van der Waals surface area (Å²) in [5, 5.41) is 0. The maximum absolute atomic E-state index is 2.61. The SMILES string of the molecule is I[As]C(c1ccccc1)(c1ccccc1)c1ccccc1. The van der Waals surface area contributed by atoms with E-state index in [0.29, 0.717) is 0 Å². The van der Waals surface area contributed by atoms with Gasteiger partial charge < -0.3 is 0 Å². The van der Waals surface area contributed by atoms with E-state index in [1.165, 1.54) is 16.7 Å². The molecule has 1 radical (unpaired) electrons. The monoisotopic (exact) mass is 445 g/mol. The maximum atomic E-state index is 2.61. The topological polar surface area (TPSA) is 0 Å². The Labute approximate surface area is 143 Å². The molecule has 0 saturated heterocycles. The predicted molar refractivity (Wildman–Crippen MR) is 99.0 cm³/mol. The van der Waals surface area contributed by atoms with Gasteiger partial charge in [-0.05, 0) is 0 Å². The summed E-state index contributed by atoms with van der Waals surface area (Å²) in [5.74, 6) is 0. The number of hydrogen-bond donors (Lipinski definition) is 0. The van der Waals surface area contributed by atoms with Crippen LogP contribution in [0.2, 0.25) is 0 Å². The molecular weight excluding hydrogens is 430 g/mol. The van der Waals surface area contributed by atoms with Gasteiger partial charge in [-0.2, -0.15) is 0 Å². The molecule has 0 spiro atoms. The van der Waals surface area contributed by atoms with Crippen molar-refractivity contribution in [3.8, 4) is 0 Å². The fraction of sp³-hybridized carbons (Fsp3) is 0.0526. The van der Waals surface area contributed by atoms with E-state index < -0.39 is 0 Å². The molecule has 0 saturated carbocycles. The van der Waals surface area contributed by atoms with Gasteiger partial charge in [-0.1, -0.05) is 0 Å². The number of benzene rings is 3. The van der Waals surface area contributed by atoms with E-state index in [1.54, 1.807) is 0 Å². The van der Waals surface area contributed by atoms with Gasteiger partial charge in [-0.25, -0.2) is 0 Å². The van der Waals surface area contributed by atoms with Crippen molar-refractivity contribution < 1.29 is 0 Å². The third-order valence-electron chi connectivity index (χ3n) is 3.70. The van der Waals surface area contributed by atoms with E-state index in [4.69, 9.17) is 0 Å². The first-order valence-corrected chi connectivity index (χ1v) is 13.5. The molecule has 103 valence electrons. The van der Waals surface area contributed by atoms with Crippen LogP contribution < -0.4 is 0 Å². The van der Waals surface area contributed by atoms with Crippen LogP contribution in [0.3, 0.4) is 0 Å². The standard InChI is InChI=1S/C19H15AsI/c21-20-19(16-10-4-1-5-11-16,17-12-6-2-7-13-17)18-14-8-3-9-15-18/h1-15H. The molecule has 0 aromatic heterocycles. The summed E-state index contributed by atoms with van der Waals surface area (Å²) in [4.78, 5) is 0. The zero-order valence-corrected chi connectivity index (χ0v) is 15.5. The third kappa shape index (κ3) is 2.82. The van der Waals surface area contributed by atoms with Gasteiger partial charge in [0.25, 0.3) is 0 Å². The molecule has 0 heterocycles. The van der Waals surface area contributed by atoms with Crippen LogP contribution in [0.15, 0.2) is 91.0 Å². The Morgan fingerprint density at radius 2 is 0.810 bits per heavy atom. The van der Waals surface area contributed by atoms with Gasteiger partial charge in [0.05, 0.1) is 0 Å². The Balaban J connectivity index is 2.29. The Morgan fingerprint density at radius 1 is 0.524 bits per heavy atom. The average Bonchev–Trinajstić information content (AvgIpc) is 2.59. The van der Waals surface area contributed by atoms with Crippen molar-refractivity contribution in [1.82, 2.24) is 0 Å². The fourth-order valence-electron chi connectivity index (χ4n) is 2.68. The summed E-state index contributed by atoms with van der Waals surface area (Å²) >= 11 is 2.66. The van der Waals surface area contributed by atoms with Gasteiger partial charge in [-0.3, -0.25) is 0 Å². The van der Waals surface area contributed by atoms with Crippen molar-refractivity contribution in [3.63, 3.8) is 0 Å². The molecule has 2 heteroatoms. The number of halogens is 1. The molecule has 0 fully saturated rings. The Bertz CT molecular complexity index is 584. The normalized spacial score (nSPS) is 11.9. The van der Waals surface area contributed by atoms with Crippen molar-refractivity contribution in [2.75, 3.05) is 0 Å². The zero-order chi connectivity index (χ0) is 14.5. The molecule has 0 aliphatic carbocycles. The van der Waals surface area contributed by atoms with Gasteiger partial charge in [0.15, 0.2) is 0 Å². The number of rotatable bonds is 4. The first-order chi connectivity index (χ1) is 10.4. The van der Waals surface area contributed by atoms with Crippen LogP contribution in [0.25, 0.3) is 0 Å². The molecule has 0 aliphatic rings. The summed E-state index contributed by atoms with van der Waals surface area (Å²) in [6, 6.07) is 32.7. The molecule has 0 aliphatic heterocycles. The molecule has 0 nitrogen and oxygen atoms in total. The van der Waals surface area contributed by atoms with Crippen LogP contribution in [0, 0.1) is 0 Å². The minimum atomic E-state index is 0.000833. The first-order valence-electron chi connectivity index (χ1n) is 6.87. The van der Waals surface area contributed by atoms with E-state index in [9.17, 15) is 0 Å². The molecular formula is C19H15AsI. The van der Waals surface area contributed by atoms with Gasteiger partial charge in [0.2, 0.25) is 0 Å². The molecule has 3 aromatic carbocycles. The van der Waals surface area contributed by atoms with Crippen LogP contribution in [-0.2, 0) is 4.20 Å². The predicted octanol–water partition coefficient (Wildman–Crippen LogP) is 5.03. The van der Waals surface area contributed by atoms with Crippen molar-refractivity contribution in [2.24, 2.45) is 0 Å². The quantitative estimate of drug-likeness (QED) is 0.300. The van der Waals surface area contributed by atoms with Crippen LogP contribution in [0.1, 0.15) is 16.7 Å².